The molecule has 0 radical (unpaired) electrons. The molecule has 0 N–H and O–H groups in total. The van der Waals surface area contributed by atoms with Crippen LogP contribution in [0.4, 0.5) is 8.78 Å². The fourth-order valence-corrected chi connectivity index (χ4v) is 3.15. The molecule has 0 aromatic carbocycles. The van der Waals surface area contributed by atoms with E-state index in [1.807, 2.05) is 0 Å². The molecule has 1 saturated carbocycles. The average Bonchev–Trinajstić information content (AvgIpc) is 2.33. The molecular formula is C15H20F2O. The van der Waals surface area contributed by atoms with Crippen LogP contribution in [-0.2, 0) is 4.79 Å². The first kappa shape index (κ1) is 13.4. The van der Waals surface area contributed by atoms with E-state index in [0.717, 1.165) is 42.3 Å². The summed E-state index contributed by atoms with van der Waals surface area (Å²) in [5.74, 6) is 0. The Morgan fingerprint density at radius 3 is 2.61 bits per heavy atom. The van der Waals surface area contributed by atoms with Crippen LogP contribution in [0.2, 0.25) is 0 Å². The first-order valence-corrected chi connectivity index (χ1v) is 6.70. The average molecular weight is 254 g/mol. The van der Waals surface area contributed by atoms with Crippen LogP contribution in [-0.4, -0.2) is 12.7 Å². The second-order valence-corrected chi connectivity index (χ2v) is 5.69. The lowest BCUT2D eigenvalue weighted by Crippen LogP contribution is -2.33. The van der Waals surface area contributed by atoms with Crippen LogP contribution in [0.15, 0.2) is 23.3 Å². The lowest BCUT2D eigenvalue weighted by Gasteiger charge is -2.46. The fourth-order valence-electron chi connectivity index (χ4n) is 3.15. The van der Waals surface area contributed by atoms with E-state index in [9.17, 15) is 13.6 Å². The minimum Gasteiger partial charge on any atom is -0.298 e. The van der Waals surface area contributed by atoms with Gasteiger partial charge in [-0.3, -0.25) is 4.79 Å². The molecule has 0 heterocycles. The summed E-state index contributed by atoms with van der Waals surface area (Å²) in [6.45, 7) is 3.92. The van der Waals surface area contributed by atoms with E-state index in [0.29, 0.717) is 11.8 Å². The quantitative estimate of drug-likeness (QED) is 0.663. The van der Waals surface area contributed by atoms with Crippen LogP contribution in [0.1, 0.15) is 51.4 Å². The van der Waals surface area contributed by atoms with Gasteiger partial charge in [-0.15, -0.1) is 0 Å². The van der Waals surface area contributed by atoms with Crippen LogP contribution in [0.3, 0.4) is 0 Å². The van der Waals surface area contributed by atoms with E-state index in [1.54, 1.807) is 0 Å². The van der Waals surface area contributed by atoms with Crippen molar-refractivity contribution in [2.45, 2.75) is 57.8 Å². The van der Waals surface area contributed by atoms with Crippen LogP contribution in [0.5, 0.6) is 0 Å². The van der Waals surface area contributed by atoms with Gasteiger partial charge in [0.25, 0.3) is 0 Å². The van der Waals surface area contributed by atoms with Crippen molar-refractivity contribution < 1.29 is 13.6 Å². The fraction of sp³-hybridized carbons (Fsp3) is 0.667. The molecule has 0 saturated heterocycles. The monoisotopic (exact) mass is 254 g/mol. The molecule has 3 heteroatoms. The molecule has 0 aromatic heterocycles. The van der Waals surface area contributed by atoms with E-state index in [2.05, 4.69) is 6.58 Å². The van der Waals surface area contributed by atoms with Gasteiger partial charge in [-0.1, -0.05) is 18.6 Å². The van der Waals surface area contributed by atoms with Gasteiger partial charge in [-0.2, -0.15) is 0 Å². The van der Waals surface area contributed by atoms with Crippen molar-refractivity contribution in [3.05, 3.63) is 23.3 Å². The van der Waals surface area contributed by atoms with Gasteiger partial charge in [-0.25, -0.2) is 8.78 Å². The van der Waals surface area contributed by atoms with Crippen LogP contribution < -0.4 is 0 Å². The van der Waals surface area contributed by atoms with E-state index in [4.69, 9.17) is 0 Å². The van der Waals surface area contributed by atoms with Gasteiger partial charge in [0.1, 0.15) is 6.29 Å². The number of hydrogen-bond donors (Lipinski definition) is 0. The van der Waals surface area contributed by atoms with Gasteiger partial charge in [0.2, 0.25) is 6.43 Å². The Bertz CT molecular complexity index is 378. The number of carbonyl (C=O) groups is 1. The van der Waals surface area contributed by atoms with E-state index >= 15 is 0 Å². The molecule has 0 aliphatic heterocycles. The number of hydrogen-bond acceptors (Lipinski definition) is 1. The molecule has 100 valence electrons. The Hall–Kier alpha value is -0.990. The first-order valence-electron chi connectivity index (χ1n) is 6.70. The molecule has 0 aromatic rings. The zero-order valence-corrected chi connectivity index (χ0v) is 10.7. The molecule has 0 bridgehead atoms. The number of alkyl halides is 2. The maximum Gasteiger partial charge on any atom is 0.239 e. The number of allylic oxidation sites excluding steroid dienone is 3. The first-order chi connectivity index (χ1) is 8.56. The Balaban J connectivity index is 2.08. The third-order valence-electron chi connectivity index (χ3n) is 4.51. The Labute approximate surface area is 107 Å². The third kappa shape index (κ3) is 2.70. The molecule has 18 heavy (non-hydrogen) atoms. The molecular weight excluding hydrogens is 234 g/mol. The molecule has 1 nitrogen and oxygen atoms in total. The summed E-state index contributed by atoms with van der Waals surface area (Å²) in [4.78, 5) is 11.1. The topological polar surface area (TPSA) is 17.1 Å². The third-order valence-corrected chi connectivity index (χ3v) is 4.51. The highest BCUT2D eigenvalue weighted by Gasteiger charge is 2.40. The normalized spacial score (nSPS) is 22.2. The largest absolute Gasteiger partial charge is 0.298 e. The molecule has 0 amide bonds. The van der Waals surface area contributed by atoms with Crippen molar-refractivity contribution >= 4 is 6.29 Å². The molecule has 0 unspecified atom stereocenters. The zero-order valence-electron chi connectivity index (χ0n) is 10.7. The van der Waals surface area contributed by atoms with Gasteiger partial charge < -0.3 is 0 Å². The molecule has 2 aliphatic rings. The summed E-state index contributed by atoms with van der Waals surface area (Å²) in [5, 5.41) is 0. The van der Waals surface area contributed by atoms with E-state index in [1.165, 1.54) is 19.3 Å². The SMILES string of the molecule is C=C(CCC(F)F)C1=C(C=O)CCC2(CCC2)C1. The predicted octanol–water partition coefficient (Wildman–Crippen LogP) is 4.44. The second kappa shape index (κ2) is 5.33. The van der Waals surface area contributed by atoms with Gasteiger partial charge in [0.05, 0.1) is 0 Å². The summed E-state index contributed by atoms with van der Waals surface area (Å²) < 4.78 is 24.5. The minimum absolute atomic E-state index is 0.151. The highest BCUT2D eigenvalue weighted by atomic mass is 19.3. The van der Waals surface area contributed by atoms with Gasteiger partial charge in [0.15, 0.2) is 0 Å². The minimum atomic E-state index is -2.29. The molecule has 0 atom stereocenters. The molecule has 2 rings (SSSR count). The summed E-state index contributed by atoms with van der Waals surface area (Å²) >= 11 is 0. The van der Waals surface area contributed by atoms with Crippen molar-refractivity contribution in [2.24, 2.45) is 5.41 Å². The standard InChI is InChI=1S/C15H20F2O/c1-11(3-4-14(16)17)13-9-15(6-2-7-15)8-5-12(13)10-18/h10,14H,1-9H2. The number of carbonyl (C=O) groups excluding carboxylic acids is 1. The molecule has 2 aliphatic carbocycles. The Morgan fingerprint density at radius 2 is 2.11 bits per heavy atom. The van der Waals surface area contributed by atoms with Crippen molar-refractivity contribution in [3.63, 3.8) is 0 Å². The number of rotatable bonds is 5. The summed E-state index contributed by atoms with van der Waals surface area (Å²) in [6.07, 6.45) is 5.20. The Kier molecular flexibility index (Phi) is 3.98. The number of aldehydes is 1. The molecule has 1 spiro atoms. The van der Waals surface area contributed by atoms with E-state index in [-0.39, 0.29) is 6.42 Å². The summed E-state index contributed by atoms with van der Waals surface area (Å²) in [5.41, 5.74) is 2.89. The maximum atomic E-state index is 12.2. The smallest absolute Gasteiger partial charge is 0.239 e. The van der Waals surface area contributed by atoms with Crippen molar-refractivity contribution in [1.29, 1.82) is 0 Å². The second-order valence-electron chi connectivity index (χ2n) is 5.69. The number of halogens is 2. The van der Waals surface area contributed by atoms with Crippen molar-refractivity contribution in [2.75, 3.05) is 0 Å². The lowest BCUT2D eigenvalue weighted by molar-refractivity contribution is -0.105. The van der Waals surface area contributed by atoms with Gasteiger partial charge in [-0.05, 0) is 55.1 Å². The lowest BCUT2D eigenvalue weighted by atomic mass is 9.59. The van der Waals surface area contributed by atoms with Gasteiger partial charge >= 0.3 is 0 Å². The van der Waals surface area contributed by atoms with Gasteiger partial charge in [0, 0.05) is 6.42 Å². The predicted molar refractivity (Wildman–Crippen MR) is 67.6 cm³/mol. The highest BCUT2D eigenvalue weighted by Crippen LogP contribution is 2.54. The molecule has 1 fully saturated rings. The van der Waals surface area contributed by atoms with Crippen molar-refractivity contribution in [3.8, 4) is 0 Å². The van der Waals surface area contributed by atoms with Crippen LogP contribution >= 0.6 is 0 Å². The summed E-state index contributed by atoms with van der Waals surface area (Å²) in [7, 11) is 0. The van der Waals surface area contributed by atoms with Crippen LogP contribution in [0.25, 0.3) is 0 Å². The van der Waals surface area contributed by atoms with E-state index < -0.39 is 6.43 Å². The zero-order chi connectivity index (χ0) is 13.2. The maximum absolute atomic E-state index is 12.2. The highest BCUT2D eigenvalue weighted by molar-refractivity contribution is 5.76. The summed E-state index contributed by atoms with van der Waals surface area (Å²) in [6, 6.07) is 0. The Morgan fingerprint density at radius 1 is 1.39 bits per heavy atom. The van der Waals surface area contributed by atoms with Crippen LogP contribution in [0, 0.1) is 5.41 Å². The van der Waals surface area contributed by atoms with Crippen molar-refractivity contribution in [1.82, 2.24) is 0 Å².